The molecule has 0 saturated carbocycles. The smallest absolute Gasteiger partial charge is 0.340 e. The number of aryl methyl sites for hydroxylation is 2. The Morgan fingerprint density at radius 2 is 1.89 bits per heavy atom. The molecule has 0 aliphatic heterocycles. The molecule has 2 rings (SSSR count). The van der Waals surface area contributed by atoms with Gasteiger partial charge in [0.15, 0.2) is 11.5 Å². The number of aromatic hydroxyl groups is 2. The topological polar surface area (TPSA) is 123 Å². The number of allylic oxidation sites excluding steroid dienone is 1. The highest BCUT2D eigenvalue weighted by molar-refractivity contribution is 6.32. The van der Waals surface area contributed by atoms with E-state index >= 15 is 0 Å². The van der Waals surface area contributed by atoms with Crippen LogP contribution >= 0.6 is 11.6 Å². The van der Waals surface area contributed by atoms with E-state index in [4.69, 9.17) is 16.3 Å². The van der Waals surface area contributed by atoms with Crippen molar-refractivity contribution in [2.24, 2.45) is 0 Å². The summed E-state index contributed by atoms with van der Waals surface area (Å²) in [7, 11) is 0. The number of rotatable bonds is 5. The van der Waals surface area contributed by atoms with Gasteiger partial charge in [0.05, 0.1) is 22.8 Å². The number of aromatic amines is 1. The van der Waals surface area contributed by atoms with Gasteiger partial charge in [0.1, 0.15) is 11.6 Å². The molecule has 7 nitrogen and oxygen atoms in total. The van der Waals surface area contributed by atoms with E-state index in [-0.39, 0.29) is 33.9 Å². The summed E-state index contributed by atoms with van der Waals surface area (Å²) in [6, 6.07) is 4.25. The molecular formula is C19H17ClN2O5. The first kappa shape index (κ1) is 20.1. The van der Waals surface area contributed by atoms with Gasteiger partial charge < -0.3 is 19.9 Å². The number of hydrogen-bond donors (Lipinski definition) is 3. The van der Waals surface area contributed by atoms with Crippen LogP contribution in [0.15, 0.2) is 17.7 Å². The summed E-state index contributed by atoms with van der Waals surface area (Å²) in [4.78, 5) is 28.1. The third-order valence-corrected chi connectivity index (χ3v) is 4.11. The first-order valence-electron chi connectivity index (χ1n) is 7.95. The molecule has 2 aromatic rings. The fourth-order valence-corrected chi connectivity index (χ4v) is 2.88. The van der Waals surface area contributed by atoms with Gasteiger partial charge in [0, 0.05) is 11.4 Å². The Kier molecular flexibility index (Phi) is 5.93. The molecule has 0 atom stereocenters. The van der Waals surface area contributed by atoms with Crippen LogP contribution in [-0.2, 0) is 4.74 Å². The summed E-state index contributed by atoms with van der Waals surface area (Å²) in [6.07, 6.45) is 1.21. The second-order valence-electron chi connectivity index (χ2n) is 5.71. The first-order valence-corrected chi connectivity index (χ1v) is 8.33. The lowest BCUT2D eigenvalue weighted by molar-refractivity contribution is 0.0523. The van der Waals surface area contributed by atoms with E-state index in [0.717, 1.165) is 6.07 Å². The van der Waals surface area contributed by atoms with Crippen LogP contribution in [0.2, 0.25) is 5.02 Å². The Balaban J connectivity index is 2.56. The number of nitrogens with zero attached hydrogens (tertiary/aromatic N) is 1. The molecule has 0 aliphatic rings. The highest BCUT2D eigenvalue weighted by atomic mass is 35.5. The van der Waals surface area contributed by atoms with Crippen LogP contribution in [0.5, 0.6) is 11.5 Å². The second-order valence-corrected chi connectivity index (χ2v) is 6.12. The number of carbonyl (C=O) groups excluding carboxylic acids is 2. The third kappa shape index (κ3) is 3.96. The number of ether oxygens (including phenoxy) is 1. The molecular weight excluding hydrogens is 372 g/mol. The lowest BCUT2D eigenvalue weighted by atomic mass is 9.98. The second kappa shape index (κ2) is 7.98. The molecule has 140 valence electrons. The van der Waals surface area contributed by atoms with Gasteiger partial charge in [-0.15, -0.1) is 0 Å². The number of H-pyrrole nitrogens is 1. The number of benzene rings is 1. The van der Waals surface area contributed by atoms with Crippen LogP contribution in [0, 0.1) is 25.2 Å². The van der Waals surface area contributed by atoms with Gasteiger partial charge in [-0.05, 0) is 44.5 Å². The highest BCUT2D eigenvalue weighted by Gasteiger charge is 2.27. The summed E-state index contributed by atoms with van der Waals surface area (Å²) in [5, 5.41) is 28.5. The summed E-state index contributed by atoms with van der Waals surface area (Å²) in [6.45, 7) is 5.03. The number of phenolic OH excluding ortho intramolecular Hbond substituents is 2. The molecule has 0 spiro atoms. The van der Waals surface area contributed by atoms with Crippen molar-refractivity contribution in [3.8, 4) is 17.6 Å². The largest absolute Gasteiger partial charge is 0.504 e. The summed E-state index contributed by atoms with van der Waals surface area (Å²) >= 11 is 5.80. The Labute approximate surface area is 160 Å². The molecule has 0 aliphatic carbocycles. The van der Waals surface area contributed by atoms with E-state index in [1.165, 1.54) is 12.1 Å². The third-order valence-electron chi connectivity index (χ3n) is 3.82. The standard InChI is InChI=1S/C19H17ClN2O5/c1-4-27-19(26)16-10(3)22-9(2)15(16)17(24)12(8-21)5-11-6-13(20)18(25)14(23)7-11/h5-7,22-23,25H,4H2,1-3H3/b12-5+. The van der Waals surface area contributed by atoms with Crippen LogP contribution in [-0.4, -0.2) is 33.6 Å². The maximum absolute atomic E-state index is 12.9. The van der Waals surface area contributed by atoms with E-state index in [1.54, 1.807) is 26.8 Å². The number of Topliss-reactive ketones (excluding diaryl/α,β-unsaturated/α-hetero) is 1. The van der Waals surface area contributed by atoms with Gasteiger partial charge in [-0.25, -0.2) is 4.79 Å². The Morgan fingerprint density at radius 3 is 2.44 bits per heavy atom. The fraction of sp³-hybridized carbons (Fsp3) is 0.211. The normalized spacial score (nSPS) is 11.1. The average molecular weight is 389 g/mol. The van der Waals surface area contributed by atoms with Crippen LogP contribution in [0.25, 0.3) is 6.08 Å². The molecule has 0 fully saturated rings. The van der Waals surface area contributed by atoms with Crippen molar-refractivity contribution in [3.63, 3.8) is 0 Å². The minimum absolute atomic E-state index is 0.0489. The van der Waals surface area contributed by atoms with Gasteiger partial charge in [-0.1, -0.05) is 11.6 Å². The molecule has 27 heavy (non-hydrogen) atoms. The minimum Gasteiger partial charge on any atom is -0.504 e. The monoisotopic (exact) mass is 388 g/mol. The van der Waals surface area contributed by atoms with Crippen LogP contribution in [0.4, 0.5) is 0 Å². The van der Waals surface area contributed by atoms with Crippen LogP contribution < -0.4 is 0 Å². The predicted octanol–water partition coefficient (Wildman–Crippen LogP) is 3.66. The van der Waals surface area contributed by atoms with Crippen molar-refractivity contribution in [1.82, 2.24) is 4.98 Å². The van der Waals surface area contributed by atoms with E-state index in [9.17, 15) is 25.1 Å². The number of ketones is 1. The number of nitrogens with one attached hydrogen (secondary N) is 1. The predicted molar refractivity (Wildman–Crippen MR) is 98.9 cm³/mol. The number of hydrogen-bond acceptors (Lipinski definition) is 6. The summed E-state index contributed by atoms with van der Waals surface area (Å²) in [5.74, 6) is -2.32. The molecule has 0 amide bonds. The summed E-state index contributed by atoms with van der Waals surface area (Å²) < 4.78 is 5.00. The van der Waals surface area contributed by atoms with Crippen molar-refractivity contribution < 1.29 is 24.5 Å². The SMILES string of the molecule is CCOC(=O)c1c(C)[nH]c(C)c1C(=O)/C(C#N)=C/c1cc(O)c(O)c(Cl)c1. The highest BCUT2D eigenvalue weighted by Crippen LogP contribution is 2.35. The first-order chi connectivity index (χ1) is 12.7. The zero-order valence-electron chi connectivity index (χ0n) is 14.9. The van der Waals surface area contributed by atoms with Gasteiger partial charge in [-0.2, -0.15) is 5.26 Å². The zero-order valence-corrected chi connectivity index (χ0v) is 15.6. The Bertz CT molecular complexity index is 975. The number of halogens is 1. The molecule has 0 saturated heterocycles. The molecule has 0 radical (unpaired) electrons. The van der Waals surface area contributed by atoms with Crippen molar-refractivity contribution >= 4 is 29.4 Å². The molecule has 0 unspecified atom stereocenters. The van der Waals surface area contributed by atoms with E-state index in [0.29, 0.717) is 11.4 Å². The van der Waals surface area contributed by atoms with Gasteiger partial charge in [0.25, 0.3) is 0 Å². The number of nitriles is 1. The number of carbonyl (C=O) groups is 2. The van der Waals surface area contributed by atoms with Crippen molar-refractivity contribution in [2.75, 3.05) is 6.61 Å². The van der Waals surface area contributed by atoms with E-state index in [1.807, 2.05) is 0 Å². The number of esters is 1. The van der Waals surface area contributed by atoms with Crippen molar-refractivity contribution in [1.29, 1.82) is 5.26 Å². The molecule has 0 bridgehead atoms. The lowest BCUT2D eigenvalue weighted by Gasteiger charge is -2.06. The number of aromatic nitrogens is 1. The quantitative estimate of drug-likeness (QED) is 0.236. The fourth-order valence-electron chi connectivity index (χ4n) is 2.66. The maximum Gasteiger partial charge on any atom is 0.340 e. The van der Waals surface area contributed by atoms with Crippen molar-refractivity contribution in [3.05, 3.63) is 50.8 Å². The van der Waals surface area contributed by atoms with Gasteiger partial charge in [-0.3, -0.25) is 4.79 Å². The van der Waals surface area contributed by atoms with Crippen LogP contribution in [0.1, 0.15) is 44.6 Å². The average Bonchev–Trinajstić information content (AvgIpc) is 2.91. The Hall–Kier alpha value is -3.24. The van der Waals surface area contributed by atoms with E-state index in [2.05, 4.69) is 4.98 Å². The zero-order chi connectivity index (χ0) is 20.3. The molecule has 1 heterocycles. The lowest BCUT2D eigenvalue weighted by Crippen LogP contribution is -2.13. The van der Waals surface area contributed by atoms with E-state index < -0.39 is 23.3 Å². The number of phenols is 2. The molecule has 3 N–H and O–H groups in total. The Morgan fingerprint density at radius 1 is 1.26 bits per heavy atom. The minimum atomic E-state index is -0.675. The van der Waals surface area contributed by atoms with Crippen LogP contribution in [0.3, 0.4) is 0 Å². The molecule has 1 aromatic carbocycles. The van der Waals surface area contributed by atoms with Gasteiger partial charge >= 0.3 is 5.97 Å². The summed E-state index contributed by atoms with van der Waals surface area (Å²) in [5.41, 5.74) is 0.969. The van der Waals surface area contributed by atoms with Crippen molar-refractivity contribution in [2.45, 2.75) is 20.8 Å². The molecule has 8 heteroatoms. The molecule has 1 aromatic heterocycles. The van der Waals surface area contributed by atoms with Gasteiger partial charge in [0.2, 0.25) is 5.78 Å². The maximum atomic E-state index is 12.9.